The zero-order valence-corrected chi connectivity index (χ0v) is 36.9. The molecule has 4 bridgehead atoms. The smallest absolute Gasteiger partial charge is 0.314 e. The number of benzene rings is 2. The van der Waals surface area contributed by atoms with Crippen molar-refractivity contribution in [3.8, 4) is 0 Å². The van der Waals surface area contributed by atoms with Gasteiger partial charge >= 0.3 is 23.9 Å². The Bertz CT molecular complexity index is 1390. The van der Waals surface area contributed by atoms with Gasteiger partial charge in [0.1, 0.15) is 25.0 Å². The van der Waals surface area contributed by atoms with Gasteiger partial charge in [0.15, 0.2) is 0 Å². The highest BCUT2D eigenvalue weighted by atomic mass is 16.5. The van der Waals surface area contributed by atoms with Crippen molar-refractivity contribution in [2.75, 3.05) is 27.3 Å². The summed E-state index contributed by atoms with van der Waals surface area (Å²) in [6.45, 7) is 3.99. The number of rotatable bonds is 18. The van der Waals surface area contributed by atoms with E-state index in [4.69, 9.17) is 14.6 Å². The number of carboxylic acid groups (broad SMARTS) is 2. The lowest BCUT2D eigenvalue weighted by Gasteiger charge is -2.30. The summed E-state index contributed by atoms with van der Waals surface area (Å²) in [6, 6.07) is 19.6. The van der Waals surface area contributed by atoms with Crippen LogP contribution in [0.5, 0.6) is 0 Å². The standard InChI is InChI=1S/C17H24O4.C15H20O4.C8H15N.C8H14.CH5N/c1-2-3-4-5-9-12-16(18)21-13-15(17(19)20)14-10-7-6-8-11-14;1-2-3-5-10-14(16)19-11-13(15(17)18)12-8-6-4-7-9-12;1-9-7-3-2-4-8(9)6-5-7;1-2-7-4-5-8(3-1)6-7;1-2/h6-8,10-11,15H,2-5,9,12-13H2,1H3,(H,19,20);4,6-9,13H,2-3,5,10-11H2,1H3,(H,17,18);7-8H,2-6H2,1H3;7-8H,1-6H2;2H2,1H3. The van der Waals surface area contributed by atoms with Gasteiger partial charge in [0.05, 0.1) is 0 Å². The van der Waals surface area contributed by atoms with Crippen molar-refractivity contribution in [3.05, 3.63) is 71.8 Å². The summed E-state index contributed by atoms with van der Waals surface area (Å²) in [7, 11) is 3.79. The van der Waals surface area contributed by atoms with Crippen LogP contribution < -0.4 is 5.73 Å². The lowest BCUT2D eigenvalue weighted by atomic mass is 9.89. The third-order valence-corrected chi connectivity index (χ3v) is 12.2. The number of piperidine rings is 1. The van der Waals surface area contributed by atoms with Crippen LogP contribution in [-0.4, -0.2) is 78.4 Å². The Morgan fingerprint density at radius 2 is 0.983 bits per heavy atom. The summed E-state index contributed by atoms with van der Waals surface area (Å²) >= 11 is 0. The first kappa shape index (κ1) is 51.4. The number of carboxylic acids is 2. The van der Waals surface area contributed by atoms with E-state index in [0.29, 0.717) is 24.0 Å². The van der Waals surface area contributed by atoms with Gasteiger partial charge in [-0.3, -0.25) is 19.2 Å². The van der Waals surface area contributed by atoms with Gasteiger partial charge < -0.3 is 30.3 Å². The molecule has 6 unspecified atom stereocenters. The van der Waals surface area contributed by atoms with E-state index in [0.717, 1.165) is 62.4 Å². The maximum absolute atomic E-state index is 11.6. The van der Waals surface area contributed by atoms with Gasteiger partial charge in [-0.05, 0) is 82.0 Å². The van der Waals surface area contributed by atoms with E-state index in [2.05, 4.69) is 31.5 Å². The fourth-order valence-corrected chi connectivity index (χ4v) is 8.65. The molecule has 2 aromatic rings. The van der Waals surface area contributed by atoms with Crippen molar-refractivity contribution >= 4 is 23.9 Å². The monoisotopic (exact) mass is 823 g/mol. The highest BCUT2D eigenvalue weighted by Crippen LogP contribution is 2.41. The molecule has 2 saturated carbocycles. The zero-order chi connectivity index (χ0) is 43.3. The second kappa shape index (κ2) is 31.2. The van der Waals surface area contributed by atoms with Crippen LogP contribution in [0, 0.1) is 11.8 Å². The number of esters is 2. The molecule has 2 heterocycles. The number of carbonyl (C=O) groups is 4. The molecule has 0 radical (unpaired) electrons. The van der Waals surface area contributed by atoms with Crippen LogP contribution in [-0.2, 0) is 28.7 Å². The number of aliphatic carboxylic acids is 2. The fourth-order valence-electron chi connectivity index (χ4n) is 8.65. The van der Waals surface area contributed by atoms with Gasteiger partial charge in [0, 0.05) is 24.9 Å². The number of hydrogen-bond acceptors (Lipinski definition) is 8. The lowest BCUT2D eigenvalue weighted by molar-refractivity contribution is -0.150. The fraction of sp³-hybridized carbons (Fsp3) is 0.673. The van der Waals surface area contributed by atoms with Crippen molar-refractivity contribution in [2.45, 2.75) is 173 Å². The molecular weight excluding hydrogens is 745 g/mol. The van der Waals surface area contributed by atoms with E-state index in [1.807, 2.05) is 12.1 Å². The Morgan fingerprint density at radius 1 is 0.593 bits per heavy atom. The third-order valence-electron chi connectivity index (χ3n) is 12.2. The first-order valence-corrected chi connectivity index (χ1v) is 22.8. The molecule has 6 atom stereocenters. The van der Waals surface area contributed by atoms with Crippen LogP contribution in [0.15, 0.2) is 60.7 Å². The summed E-state index contributed by atoms with van der Waals surface area (Å²) in [5.74, 6) is -1.86. The molecule has 2 aromatic carbocycles. The third kappa shape index (κ3) is 20.9. The number of hydrogen-bond donors (Lipinski definition) is 3. The first-order valence-electron chi connectivity index (χ1n) is 22.8. The predicted molar refractivity (Wildman–Crippen MR) is 236 cm³/mol. The number of carbonyl (C=O) groups excluding carboxylic acids is 2. The minimum atomic E-state index is -0.979. The molecule has 0 amide bonds. The van der Waals surface area contributed by atoms with Gasteiger partial charge in [0.2, 0.25) is 0 Å². The van der Waals surface area contributed by atoms with Crippen molar-refractivity contribution in [3.63, 3.8) is 0 Å². The predicted octanol–water partition coefficient (Wildman–Crippen LogP) is 10.5. The van der Waals surface area contributed by atoms with Gasteiger partial charge in [-0.15, -0.1) is 0 Å². The molecule has 2 aliphatic carbocycles. The molecule has 10 nitrogen and oxygen atoms in total. The number of nitrogens with zero attached hydrogens (tertiary/aromatic N) is 1. The average Bonchev–Trinajstić information content (AvgIpc) is 3.65. The van der Waals surface area contributed by atoms with Gasteiger partial charge in [-0.1, -0.05) is 152 Å². The van der Waals surface area contributed by atoms with Crippen molar-refractivity contribution in [1.82, 2.24) is 4.90 Å². The maximum Gasteiger partial charge on any atom is 0.314 e. The summed E-state index contributed by atoms with van der Waals surface area (Å²) in [6.07, 6.45) is 25.5. The molecule has 2 saturated heterocycles. The number of nitrogens with two attached hydrogens (primary N) is 1. The summed E-state index contributed by atoms with van der Waals surface area (Å²) in [4.78, 5) is 48.1. The molecular formula is C49H78N2O8. The Labute approximate surface area is 356 Å². The minimum absolute atomic E-state index is 0.104. The van der Waals surface area contributed by atoms with E-state index in [-0.39, 0.29) is 25.2 Å². The van der Waals surface area contributed by atoms with Gasteiger partial charge in [-0.25, -0.2) is 0 Å². The quantitative estimate of drug-likeness (QED) is 0.0977. The lowest BCUT2D eigenvalue weighted by Crippen LogP contribution is -2.35. The highest BCUT2D eigenvalue weighted by Gasteiger charge is 2.33. The largest absolute Gasteiger partial charge is 0.481 e. The molecule has 2 aliphatic heterocycles. The van der Waals surface area contributed by atoms with Crippen LogP contribution in [0.4, 0.5) is 0 Å². The van der Waals surface area contributed by atoms with Crippen molar-refractivity contribution in [1.29, 1.82) is 0 Å². The summed E-state index contributed by atoms with van der Waals surface area (Å²) < 4.78 is 10.2. The highest BCUT2D eigenvalue weighted by molar-refractivity contribution is 5.78. The van der Waals surface area contributed by atoms with Crippen LogP contribution in [0.3, 0.4) is 0 Å². The van der Waals surface area contributed by atoms with Crippen LogP contribution in [0.25, 0.3) is 0 Å². The van der Waals surface area contributed by atoms with Crippen molar-refractivity contribution < 1.29 is 38.9 Å². The minimum Gasteiger partial charge on any atom is -0.481 e. The van der Waals surface area contributed by atoms with E-state index in [1.54, 1.807) is 80.6 Å². The SMILES string of the molecule is C1CC2CCC(C1)C2.CCCCCC(=O)OCC(C(=O)O)c1ccccc1.CCCCCCCC(=O)OCC(C(=O)O)c1ccccc1.CN.CN1C2CCCC1CC2. The normalized spacial score (nSPS) is 20.9. The van der Waals surface area contributed by atoms with E-state index in [1.165, 1.54) is 58.4 Å². The van der Waals surface area contributed by atoms with E-state index in [9.17, 15) is 24.3 Å². The summed E-state index contributed by atoms with van der Waals surface area (Å²) in [5.41, 5.74) is 5.80. The molecule has 0 spiro atoms. The summed E-state index contributed by atoms with van der Waals surface area (Å²) in [5, 5.41) is 18.4. The first-order chi connectivity index (χ1) is 28.6. The molecule has 4 aliphatic rings. The molecule has 4 fully saturated rings. The van der Waals surface area contributed by atoms with E-state index < -0.39 is 23.8 Å². The molecule has 59 heavy (non-hydrogen) atoms. The van der Waals surface area contributed by atoms with Crippen LogP contribution in [0.1, 0.15) is 172 Å². The van der Waals surface area contributed by atoms with E-state index >= 15 is 0 Å². The second-order valence-corrected chi connectivity index (χ2v) is 16.5. The van der Waals surface area contributed by atoms with Gasteiger partial charge in [0.25, 0.3) is 0 Å². The van der Waals surface area contributed by atoms with Crippen LogP contribution >= 0.6 is 0 Å². The van der Waals surface area contributed by atoms with Crippen molar-refractivity contribution in [2.24, 2.45) is 17.6 Å². The molecule has 332 valence electrons. The topological polar surface area (TPSA) is 156 Å². The molecule has 4 N–H and O–H groups in total. The maximum atomic E-state index is 11.6. The zero-order valence-electron chi connectivity index (χ0n) is 36.9. The number of fused-ring (bicyclic) bond motifs is 4. The molecule has 0 aromatic heterocycles. The number of ether oxygens (including phenoxy) is 2. The Morgan fingerprint density at radius 3 is 1.37 bits per heavy atom. The average molecular weight is 823 g/mol. The van der Waals surface area contributed by atoms with Gasteiger partial charge in [-0.2, -0.15) is 0 Å². The van der Waals surface area contributed by atoms with Crippen LogP contribution in [0.2, 0.25) is 0 Å². The Balaban J connectivity index is 0.000000284. The Kier molecular flexibility index (Phi) is 27.1. The second-order valence-electron chi connectivity index (χ2n) is 16.5. The molecule has 10 heteroatoms. The number of unbranched alkanes of at least 4 members (excludes halogenated alkanes) is 6. The molecule has 6 rings (SSSR count). The Hall–Kier alpha value is -3.76.